The lowest BCUT2D eigenvalue weighted by Gasteiger charge is -2.36. The molecule has 0 amide bonds. The van der Waals surface area contributed by atoms with Gasteiger partial charge in [-0.3, -0.25) is 0 Å². The molecule has 0 heterocycles. The van der Waals surface area contributed by atoms with Crippen LogP contribution in [0.3, 0.4) is 0 Å². The molecule has 0 aliphatic rings. The van der Waals surface area contributed by atoms with E-state index in [2.05, 4.69) is 55.4 Å². The van der Waals surface area contributed by atoms with Gasteiger partial charge in [0.2, 0.25) is 0 Å². The van der Waals surface area contributed by atoms with Crippen molar-refractivity contribution in [2.75, 3.05) is 0 Å². The fourth-order valence-electron chi connectivity index (χ4n) is 2.75. The molecule has 0 heteroatoms. The van der Waals surface area contributed by atoms with Gasteiger partial charge < -0.3 is 0 Å². The first-order valence-corrected chi connectivity index (χ1v) is 6.72. The first-order chi connectivity index (χ1) is 6.72. The maximum absolute atomic E-state index is 2.44. The van der Waals surface area contributed by atoms with E-state index in [4.69, 9.17) is 0 Å². The van der Waals surface area contributed by atoms with Gasteiger partial charge in [0.1, 0.15) is 0 Å². The summed E-state index contributed by atoms with van der Waals surface area (Å²) in [6, 6.07) is 0. The second-order valence-electron chi connectivity index (χ2n) is 6.64. The average Bonchev–Trinajstić information content (AvgIpc) is 2.02. The second-order valence-corrected chi connectivity index (χ2v) is 6.64. The Hall–Kier alpha value is 0. The van der Waals surface area contributed by atoms with Crippen LogP contribution in [0.25, 0.3) is 0 Å². The van der Waals surface area contributed by atoms with Crippen LogP contribution >= 0.6 is 0 Å². The van der Waals surface area contributed by atoms with Gasteiger partial charge in [0, 0.05) is 0 Å². The van der Waals surface area contributed by atoms with Crippen LogP contribution in [0.1, 0.15) is 68.2 Å². The summed E-state index contributed by atoms with van der Waals surface area (Å²) in [5.74, 6) is 3.35. The van der Waals surface area contributed by atoms with Crippen LogP contribution in [0.2, 0.25) is 0 Å². The molecular formula is C15H32. The Balaban J connectivity index is 4.39. The van der Waals surface area contributed by atoms with Crippen molar-refractivity contribution in [2.24, 2.45) is 29.1 Å². The highest BCUT2D eigenvalue weighted by atomic mass is 14.3. The van der Waals surface area contributed by atoms with Crippen molar-refractivity contribution in [1.29, 1.82) is 0 Å². The SMILES string of the molecule is CCC(C(C)C)C(C)CC(C)(C)C(C)C. The quantitative estimate of drug-likeness (QED) is 0.554. The van der Waals surface area contributed by atoms with Crippen LogP contribution < -0.4 is 0 Å². The molecule has 0 aromatic rings. The summed E-state index contributed by atoms with van der Waals surface area (Å²) in [5.41, 5.74) is 0.488. The minimum atomic E-state index is 0.488. The molecule has 0 nitrogen and oxygen atoms in total. The Labute approximate surface area is 97.8 Å². The Morgan fingerprint density at radius 3 is 1.67 bits per heavy atom. The fourth-order valence-corrected chi connectivity index (χ4v) is 2.75. The second kappa shape index (κ2) is 5.92. The van der Waals surface area contributed by atoms with Crippen LogP contribution in [0, 0.1) is 29.1 Å². The Morgan fingerprint density at radius 1 is 0.933 bits per heavy atom. The van der Waals surface area contributed by atoms with Gasteiger partial charge in [-0.05, 0) is 35.5 Å². The molecule has 0 saturated carbocycles. The molecule has 0 saturated heterocycles. The maximum atomic E-state index is 2.44. The van der Waals surface area contributed by atoms with Crippen LogP contribution in [-0.4, -0.2) is 0 Å². The lowest BCUT2D eigenvalue weighted by Crippen LogP contribution is -2.27. The molecule has 0 aliphatic carbocycles. The first-order valence-electron chi connectivity index (χ1n) is 6.72. The summed E-state index contributed by atoms with van der Waals surface area (Å²) in [5, 5.41) is 0. The summed E-state index contributed by atoms with van der Waals surface area (Å²) in [7, 11) is 0. The summed E-state index contributed by atoms with van der Waals surface area (Å²) < 4.78 is 0. The van der Waals surface area contributed by atoms with E-state index in [-0.39, 0.29) is 0 Å². The molecule has 0 spiro atoms. The third kappa shape index (κ3) is 4.57. The molecule has 0 N–H and O–H groups in total. The van der Waals surface area contributed by atoms with E-state index in [1.165, 1.54) is 12.8 Å². The largest absolute Gasteiger partial charge is 0.0651 e. The average molecular weight is 212 g/mol. The first kappa shape index (κ1) is 15.0. The zero-order valence-electron chi connectivity index (χ0n) is 12.2. The zero-order valence-corrected chi connectivity index (χ0v) is 12.2. The molecule has 0 aromatic heterocycles. The Morgan fingerprint density at radius 2 is 1.40 bits per heavy atom. The van der Waals surface area contributed by atoms with Crippen molar-refractivity contribution in [3.05, 3.63) is 0 Å². The Bertz CT molecular complexity index is 165. The van der Waals surface area contributed by atoms with E-state index >= 15 is 0 Å². The van der Waals surface area contributed by atoms with Crippen LogP contribution in [0.15, 0.2) is 0 Å². The molecular weight excluding hydrogens is 180 g/mol. The topological polar surface area (TPSA) is 0 Å². The number of hydrogen-bond donors (Lipinski definition) is 0. The smallest absolute Gasteiger partial charge is 0.0329 e. The molecule has 0 rings (SSSR count). The summed E-state index contributed by atoms with van der Waals surface area (Å²) in [4.78, 5) is 0. The third-order valence-electron chi connectivity index (χ3n) is 4.47. The van der Waals surface area contributed by atoms with Crippen molar-refractivity contribution in [3.8, 4) is 0 Å². The molecule has 0 bridgehead atoms. The summed E-state index contributed by atoms with van der Waals surface area (Å²) >= 11 is 0. The van der Waals surface area contributed by atoms with Crippen molar-refractivity contribution in [2.45, 2.75) is 68.2 Å². The van der Waals surface area contributed by atoms with Gasteiger partial charge in [-0.25, -0.2) is 0 Å². The Kier molecular flexibility index (Phi) is 5.92. The number of rotatable bonds is 6. The van der Waals surface area contributed by atoms with E-state index in [0.29, 0.717) is 5.41 Å². The molecule has 2 atom stereocenters. The predicted octanol–water partition coefficient (Wildman–Crippen LogP) is 5.38. The van der Waals surface area contributed by atoms with Crippen LogP contribution in [-0.2, 0) is 0 Å². The monoisotopic (exact) mass is 212 g/mol. The van der Waals surface area contributed by atoms with Gasteiger partial charge in [0.15, 0.2) is 0 Å². The lowest BCUT2D eigenvalue weighted by molar-refractivity contribution is 0.140. The van der Waals surface area contributed by atoms with Gasteiger partial charge in [0.05, 0.1) is 0 Å². The highest BCUT2D eigenvalue weighted by Crippen LogP contribution is 2.38. The molecule has 0 aromatic carbocycles. The highest BCUT2D eigenvalue weighted by Gasteiger charge is 2.28. The molecule has 0 fully saturated rings. The van der Waals surface area contributed by atoms with E-state index in [0.717, 1.165) is 23.7 Å². The van der Waals surface area contributed by atoms with Gasteiger partial charge in [-0.15, -0.1) is 0 Å². The molecule has 0 aliphatic heterocycles. The van der Waals surface area contributed by atoms with Gasteiger partial charge in [-0.1, -0.05) is 61.8 Å². The van der Waals surface area contributed by atoms with Crippen molar-refractivity contribution >= 4 is 0 Å². The van der Waals surface area contributed by atoms with E-state index in [9.17, 15) is 0 Å². The van der Waals surface area contributed by atoms with Crippen molar-refractivity contribution in [3.63, 3.8) is 0 Å². The van der Waals surface area contributed by atoms with Crippen LogP contribution in [0.4, 0.5) is 0 Å². The van der Waals surface area contributed by atoms with E-state index in [1.807, 2.05) is 0 Å². The molecule has 92 valence electrons. The van der Waals surface area contributed by atoms with Crippen molar-refractivity contribution < 1.29 is 0 Å². The molecule has 0 radical (unpaired) electrons. The highest BCUT2D eigenvalue weighted by molar-refractivity contribution is 4.79. The van der Waals surface area contributed by atoms with Gasteiger partial charge in [-0.2, -0.15) is 0 Å². The fraction of sp³-hybridized carbons (Fsp3) is 1.00. The molecule has 2 unspecified atom stereocenters. The van der Waals surface area contributed by atoms with E-state index < -0.39 is 0 Å². The molecule has 15 heavy (non-hydrogen) atoms. The zero-order chi connectivity index (χ0) is 12.2. The van der Waals surface area contributed by atoms with E-state index in [1.54, 1.807) is 0 Å². The standard InChI is InChI=1S/C15H32/c1-9-14(11(2)3)13(6)10-15(7,8)12(4)5/h11-14H,9-10H2,1-8H3. The number of hydrogen-bond acceptors (Lipinski definition) is 0. The predicted molar refractivity (Wildman–Crippen MR) is 71.0 cm³/mol. The maximum Gasteiger partial charge on any atom is -0.0329 e. The van der Waals surface area contributed by atoms with Gasteiger partial charge in [0.25, 0.3) is 0 Å². The third-order valence-corrected chi connectivity index (χ3v) is 4.47. The van der Waals surface area contributed by atoms with Gasteiger partial charge >= 0.3 is 0 Å². The summed E-state index contributed by atoms with van der Waals surface area (Å²) in [6.45, 7) is 19.1. The lowest BCUT2D eigenvalue weighted by atomic mass is 9.69. The minimum absolute atomic E-state index is 0.488. The summed E-state index contributed by atoms with van der Waals surface area (Å²) in [6.07, 6.45) is 2.69. The van der Waals surface area contributed by atoms with Crippen LogP contribution in [0.5, 0.6) is 0 Å². The minimum Gasteiger partial charge on any atom is -0.0651 e. The van der Waals surface area contributed by atoms with Crippen molar-refractivity contribution in [1.82, 2.24) is 0 Å². The normalized spacial score (nSPS) is 17.2.